The summed E-state index contributed by atoms with van der Waals surface area (Å²) in [6.45, 7) is 7.55. The zero-order valence-corrected chi connectivity index (χ0v) is 16.4. The third kappa shape index (κ3) is 4.27. The number of nitrogens with zero attached hydrogens (tertiary/aromatic N) is 4. The number of carbonyl (C=O) groups excluding carboxylic acids is 1. The van der Waals surface area contributed by atoms with E-state index in [-0.39, 0.29) is 23.4 Å². The lowest BCUT2D eigenvalue weighted by Crippen LogP contribution is -2.63. The van der Waals surface area contributed by atoms with Crippen molar-refractivity contribution < 1.29 is 17.7 Å². The number of rotatable bonds is 7. The highest BCUT2D eigenvalue weighted by Crippen LogP contribution is 2.21. The van der Waals surface area contributed by atoms with Crippen LogP contribution in [0.2, 0.25) is 0 Å². The maximum absolute atomic E-state index is 12.5. The molecule has 26 heavy (non-hydrogen) atoms. The zero-order valence-electron chi connectivity index (χ0n) is 15.6. The molecule has 1 aromatic heterocycles. The van der Waals surface area contributed by atoms with Crippen LogP contribution in [-0.4, -0.2) is 84.6 Å². The Bertz CT molecular complexity index is 721. The van der Waals surface area contributed by atoms with Gasteiger partial charge in [-0.1, -0.05) is 11.6 Å². The number of hydrogen-bond acceptors (Lipinski definition) is 6. The van der Waals surface area contributed by atoms with E-state index in [0.717, 1.165) is 19.6 Å². The highest BCUT2D eigenvalue weighted by Gasteiger charge is 2.40. The lowest BCUT2D eigenvalue weighted by Gasteiger charge is -2.44. The number of amides is 1. The summed E-state index contributed by atoms with van der Waals surface area (Å²) < 4.78 is 31.6. The molecule has 2 saturated heterocycles. The van der Waals surface area contributed by atoms with Gasteiger partial charge in [0.25, 0.3) is 5.91 Å². The van der Waals surface area contributed by atoms with Crippen LogP contribution in [0, 0.1) is 6.92 Å². The fraction of sp³-hybridized carbons (Fsp3) is 0.765. The van der Waals surface area contributed by atoms with Crippen molar-refractivity contribution in [2.45, 2.75) is 39.2 Å². The van der Waals surface area contributed by atoms with Crippen LogP contribution in [0.3, 0.4) is 0 Å². The number of carbonyl (C=O) groups is 1. The van der Waals surface area contributed by atoms with E-state index in [1.54, 1.807) is 29.1 Å². The topological polar surface area (TPSA) is 87.0 Å². The van der Waals surface area contributed by atoms with E-state index in [4.69, 9.17) is 4.52 Å². The third-order valence-corrected chi connectivity index (χ3v) is 7.14. The Morgan fingerprint density at radius 3 is 2.58 bits per heavy atom. The molecule has 146 valence electrons. The summed E-state index contributed by atoms with van der Waals surface area (Å²) in [5, 5.41) is 3.75. The molecule has 8 nitrogen and oxygen atoms in total. The summed E-state index contributed by atoms with van der Waals surface area (Å²) in [5.41, 5.74) is 0.277. The predicted octanol–water partition coefficient (Wildman–Crippen LogP) is 0.945. The van der Waals surface area contributed by atoms with Gasteiger partial charge in [0.05, 0.1) is 11.8 Å². The lowest BCUT2D eigenvalue weighted by atomic mass is 10.1. The fourth-order valence-electron chi connectivity index (χ4n) is 3.57. The molecule has 9 heteroatoms. The molecule has 0 atom stereocenters. The second-order valence-corrected chi connectivity index (χ2v) is 9.31. The summed E-state index contributed by atoms with van der Waals surface area (Å²) in [4.78, 5) is 16.3. The Morgan fingerprint density at radius 1 is 1.31 bits per heavy atom. The number of likely N-dealkylation sites (tertiary alicyclic amines) is 2. The minimum atomic E-state index is -3.30. The van der Waals surface area contributed by atoms with Gasteiger partial charge in [0.2, 0.25) is 10.0 Å². The molecule has 0 radical (unpaired) electrons. The maximum atomic E-state index is 12.5. The molecule has 0 aromatic carbocycles. The molecule has 3 heterocycles. The van der Waals surface area contributed by atoms with Crippen molar-refractivity contribution >= 4 is 15.9 Å². The summed E-state index contributed by atoms with van der Waals surface area (Å²) in [5.74, 6) is 0.463. The number of sulfonamides is 1. The van der Waals surface area contributed by atoms with E-state index in [9.17, 15) is 13.2 Å². The van der Waals surface area contributed by atoms with Gasteiger partial charge in [0.1, 0.15) is 5.76 Å². The van der Waals surface area contributed by atoms with E-state index in [1.807, 2.05) is 0 Å². The predicted molar refractivity (Wildman–Crippen MR) is 97.4 cm³/mol. The first kappa shape index (κ1) is 19.3. The van der Waals surface area contributed by atoms with E-state index in [2.05, 4.69) is 10.1 Å². The van der Waals surface area contributed by atoms with Gasteiger partial charge in [-0.3, -0.25) is 4.79 Å². The van der Waals surface area contributed by atoms with E-state index < -0.39 is 10.0 Å². The van der Waals surface area contributed by atoms with Gasteiger partial charge in [-0.2, -0.15) is 4.31 Å². The molecule has 0 saturated carbocycles. The van der Waals surface area contributed by atoms with Crippen LogP contribution in [0.15, 0.2) is 10.6 Å². The van der Waals surface area contributed by atoms with Gasteiger partial charge in [-0.05, 0) is 39.8 Å². The highest BCUT2D eigenvalue weighted by molar-refractivity contribution is 7.89. The fourth-order valence-corrected chi connectivity index (χ4v) is 4.85. The van der Waals surface area contributed by atoms with Gasteiger partial charge >= 0.3 is 0 Å². The number of aryl methyl sites for hydroxylation is 1. The molecule has 3 rings (SSSR count). The molecule has 1 amide bonds. The molecule has 0 N–H and O–H groups in total. The first-order chi connectivity index (χ1) is 12.4. The molecule has 2 fully saturated rings. The molecule has 2 aliphatic rings. The highest BCUT2D eigenvalue weighted by atomic mass is 32.2. The SMILES string of the molecule is CCS(=O)(=O)N(CCN1CCCCC1)C1CN(C(=O)c2cc(C)on2)C1. The summed E-state index contributed by atoms with van der Waals surface area (Å²) >= 11 is 0. The standard InChI is InChI=1S/C17H28N4O4S/c1-3-26(23,24)21(10-9-19-7-5-4-6-8-19)15-12-20(13-15)17(22)16-11-14(2)25-18-16/h11,15H,3-10,12-13H2,1-2H3. The Kier molecular flexibility index (Phi) is 5.99. The zero-order chi connectivity index (χ0) is 18.7. The smallest absolute Gasteiger partial charge is 0.276 e. The molecule has 1 aromatic rings. The van der Waals surface area contributed by atoms with Crippen molar-refractivity contribution in [1.29, 1.82) is 0 Å². The Morgan fingerprint density at radius 2 is 2.00 bits per heavy atom. The average molecular weight is 385 g/mol. The second kappa shape index (κ2) is 8.06. The minimum absolute atomic E-state index is 0.0833. The van der Waals surface area contributed by atoms with Gasteiger partial charge in [-0.25, -0.2) is 8.42 Å². The molecule has 0 aliphatic carbocycles. The number of hydrogen-bond donors (Lipinski definition) is 0. The maximum Gasteiger partial charge on any atom is 0.276 e. The van der Waals surface area contributed by atoms with E-state index >= 15 is 0 Å². The Balaban J connectivity index is 1.59. The van der Waals surface area contributed by atoms with E-state index in [0.29, 0.717) is 25.4 Å². The van der Waals surface area contributed by atoms with Crippen molar-refractivity contribution in [3.8, 4) is 0 Å². The molecule has 0 bridgehead atoms. The average Bonchev–Trinajstić information content (AvgIpc) is 3.03. The largest absolute Gasteiger partial charge is 0.361 e. The van der Waals surface area contributed by atoms with Crippen LogP contribution >= 0.6 is 0 Å². The Hall–Kier alpha value is -1.45. The van der Waals surface area contributed by atoms with Crippen molar-refractivity contribution in [2.24, 2.45) is 0 Å². The first-order valence-electron chi connectivity index (χ1n) is 9.35. The van der Waals surface area contributed by atoms with Crippen LogP contribution in [-0.2, 0) is 10.0 Å². The van der Waals surface area contributed by atoms with Crippen molar-refractivity contribution in [1.82, 2.24) is 19.3 Å². The lowest BCUT2D eigenvalue weighted by molar-refractivity contribution is 0.0427. The normalized spacial score (nSPS) is 19.7. The molecule has 2 aliphatic heterocycles. The van der Waals surface area contributed by atoms with Crippen molar-refractivity contribution in [3.05, 3.63) is 17.5 Å². The van der Waals surface area contributed by atoms with Crippen LogP contribution < -0.4 is 0 Å². The van der Waals surface area contributed by atoms with Crippen molar-refractivity contribution in [3.63, 3.8) is 0 Å². The molecular weight excluding hydrogens is 356 g/mol. The van der Waals surface area contributed by atoms with Gasteiger partial charge < -0.3 is 14.3 Å². The second-order valence-electron chi connectivity index (χ2n) is 7.10. The summed E-state index contributed by atoms with van der Waals surface area (Å²) in [6.07, 6.45) is 3.63. The van der Waals surface area contributed by atoms with Crippen LogP contribution in [0.5, 0.6) is 0 Å². The van der Waals surface area contributed by atoms with Crippen molar-refractivity contribution in [2.75, 3.05) is 45.0 Å². The first-order valence-corrected chi connectivity index (χ1v) is 11.0. The van der Waals surface area contributed by atoms with Crippen LogP contribution in [0.25, 0.3) is 0 Å². The van der Waals surface area contributed by atoms with Gasteiger partial charge in [0.15, 0.2) is 5.69 Å². The summed E-state index contributed by atoms with van der Waals surface area (Å²) in [7, 11) is -3.30. The molecule has 0 spiro atoms. The number of piperidine rings is 1. The molecular formula is C17H28N4O4S. The monoisotopic (exact) mass is 384 g/mol. The Labute approximate surface area is 155 Å². The quantitative estimate of drug-likeness (QED) is 0.695. The van der Waals surface area contributed by atoms with Gasteiger partial charge in [-0.15, -0.1) is 0 Å². The van der Waals surface area contributed by atoms with Crippen LogP contribution in [0.4, 0.5) is 0 Å². The molecule has 0 unspecified atom stereocenters. The minimum Gasteiger partial charge on any atom is -0.361 e. The van der Waals surface area contributed by atoms with E-state index in [1.165, 1.54) is 19.3 Å². The number of aromatic nitrogens is 1. The third-order valence-electron chi connectivity index (χ3n) is 5.21. The van der Waals surface area contributed by atoms with Gasteiger partial charge in [0, 0.05) is 32.2 Å². The summed E-state index contributed by atoms with van der Waals surface area (Å²) in [6, 6.07) is 1.45. The van der Waals surface area contributed by atoms with Crippen LogP contribution in [0.1, 0.15) is 42.4 Å².